The quantitative estimate of drug-likeness (QED) is 0.826. The summed E-state index contributed by atoms with van der Waals surface area (Å²) in [5.41, 5.74) is 0.447. The first-order valence-corrected chi connectivity index (χ1v) is 8.78. The van der Waals surface area contributed by atoms with Crippen LogP contribution < -0.4 is 24.3 Å². The average Bonchev–Trinajstić information content (AvgIpc) is 2.86. The number of nitrogens with one attached hydrogen (secondary N) is 1. The van der Waals surface area contributed by atoms with Gasteiger partial charge in [-0.2, -0.15) is 0 Å². The van der Waals surface area contributed by atoms with E-state index in [-0.39, 0.29) is 12.5 Å². The Balaban J connectivity index is 1.64. The SMILES string of the molecule is CCOc1ccccc1OCC(=O)Nc1cc2c(cc1Cl)OCCCO2. The van der Waals surface area contributed by atoms with Crippen LogP contribution in [0.5, 0.6) is 23.0 Å². The Kier molecular flexibility index (Phi) is 6.07. The van der Waals surface area contributed by atoms with Crippen molar-refractivity contribution < 1.29 is 23.7 Å². The third kappa shape index (κ3) is 4.52. The number of rotatable bonds is 6. The molecule has 2 aromatic carbocycles. The highest BCUT2D eigenvalue weighted by Gasteiger charge is 2.16. The molecule has 7 heteroatoms. The van der Waals surface area contributed by atoms with E-state index in [1.165, 1.54) is 0 Å². The van der Waals surface area contributed by atoms with Crippen molar-refractivity contribution in [3.8, 4) is 23.0 Å². The Hall–Kier alpha value is -2.60. The van der Waals surface area contributed by atoms with Crippen molar-refractivity contribution in [3.63, 3.8) is 0 Å². The zero-order valence-electron chi connectivity index (χ0n) is 14.4. The second-order valence-corrected chi connectivity index (χ2v) is 5.95. The number of benzene rings is 2. The molecule has 0 aliphatic carbocycles. The summed E-state index contributed by atoms with van der Waals surface area (Å²) in [6.07, 6.45) is 0.793. The van der Waals surface area contributed by atoms with Crippen molar-refractivity contribution in [2.24, 2.45) is 0 Å². The summed E-state index contributed by atoms with van der Waals surface area (Å²) >= 11 is 6.23. The van der Waals surface area contributed by atoms with Crippen LogP contribution in [0.25, 0.3) is 0 Å². The fourth-order valence-corrected chi connectivity index (χ4v) is 2.65. The molecule has 6 nitrogen and oxygen atoms in total. The van der Waals surface area contributed by atoms with Gasteiger partial charge in [0.25, 0.3) is 5.91 Å². The van der Waals surface area contributed by atoms with Crippen LogP contribution in [0.2, 0.25) is 5.02 Å². The number of fused-ring (bicyclic) bond motifs is 1. The largest absolute Gasteiger partial charge is 0.490 e. The number of hydrogen-bond donors (Lipinski definition) is 1. The van der Waals surface area contributed by atoms with Crippen LogP contribution in [0, 0.1) is 0 Å². The Bertz CT molecular complexity index is 781. The van der Waals surface area contributed by atoms with Crippen LogP contribution in [0.4, 0.5) is 5.69 Å². The summed E-state index contributed by atoms with van der Waals surface area (Å²) in [7, 11) is 0. The van der Waals surface area contributed by atoms with E-state index in [0.29, 0.717) is 53.5 Å². The number of amides is 1. The summed E-state index contributed by atoms with van der Waals surface area (Å²) in [5.74, 6) is 1.90. The van der Waals surface area contributed by atoms with Gasteiger partial charge in [0.1, 0.15) is 0 Å². The van der Waals surface area contributed by atoms with Gasteiger partial charge in [0.2, 0.25) is 0 Å². The highest BCUT2D eigenvalue weighted by Crippen LogP contribution is 2.37. The predicted molar refractivity (Wildman–Crippen MR) is 98.8 cm³/mol. The molecule has 1 N–H and O–H groups in total. The molecule has 26 heavy (non-hydrogen) atoms. The Morgan fingerprint density at radius 3 is 2.46 bits per heavy atom. The van der Waals surface area contributed by atoms with Gasteiger partial charge in [0.05, 0.1) is 30.5 Å². The lowest BCUT2D eigenvalue weighted by Gasteiger charge is -2.14. The molecule has 1 heterocycles. The minimum atomic E-state index is -0.340. The molecular formula is C19H20ClNO5. The third-order valence-corrected chi connectivity index (χ3v) is 3.93. The molecule has 1 amide bonds. The lowest BCUT2D eigenvalue weighted by molar-refractivity contribution is -0.118. The number of carbonyl (C=O) groups excluding carboxylic acids is 1. The molecular weight excluding hydrogens is 358 g/mol. The standard InChI is InChI=1S/C19H20ClNO5/c1-2-23-15-6-3-4-7-16(15)26-12-19(22)21-14-11-18-17(10-13(14)20)24-8-5-9-25-18/h3-4,6-7,10-11H,2,5,8-9,12H2,1H3,(H,21,22). The fraction of sp³-hybridized carbons (Fsp3) is 0.316. The van der Waals surface area contributed by atoms with Crippen molar-refractivity contribution >= 4 is 23.2 Å². The second kappa shape index (κ2) is 8.67. The van der Waals surface area contributed by atoms with Crippen LogP contribution in [0.3, 0.4) is 0 Å². The average molecular weight is 378 g/mol. The van der Waals surface area contributed by atoms with E-state index in [4.69, 9.17) is 30.5 Å². The maximum atomic E-state index is 12.2. The van der Waals surface area contributed by atoms with Crippen molar-refractivity contribution in [3.05, 3.63) is 41.4 Å². The fourth-order valence-electron chi connectivity index (χ4n) is 2.45. The number of halogens is 1. The monoisotopic (exact) mass is 377 g/mol. The molecule has 0 fully saturated rings. The zero-order chi connectivity index (χ0) is 18.4. The highest BCUT2D eigenvalue weighted by atomic mass is 35.5. The molecule has 1 aliphatic rings. The zero-order valence-corrected chi connectivity index (χ0v) is 15.2. The van der Waals surface area contributed by atoms with E-state index in [1.807, 2.05) is 19.1 Å². The summed E-state index contributed by atoms with van der Waals surface area (Å²) in [6, 6.07) is 10.5. The van der Waals surface area contributed by atoms with Crippen molar-refractivity contribution in [2.45, 2.75) is 13.3 Å². The number of ether oxygens (including phenoxy) is 4. The van der Waals surface area contributed by atoms with Crippen LogP contribution in [-0.2, 0) is 4.79 Å². The highest BCUT2D eigenvalue weighted by molar-refractivity contribution is 6.34. The maximum absolute atomic E-state index is 12.2. The molecule has 0 aromatic heterocycles. The van der Waals surface area contributed by atoms with Crippen LogP contribution in [-0.4, -0.2) is 32.3 Å². The Labute approximate surface area is 157 Å². The molecule has 2 aromatic rings. The van der Waals surface area contributed by atoms with E-state index >= 15 is 0 Å². The second-order valence-electron chi connectivity index (χ2n) is 5.55. The minimum absolute atomic E-state index is 0.172. The first kappa shape index (κ1) is 18.2. The van der Waals surface area contributed by atoms with Gasteiger partial charge in [0, 0.05) is 18.6 Å². The summed E-state index contributed by atoms with van der Waals surface area (Å²) in [4.78, 5) is 12.2. The number of carbonyl (C=O) groups is 1. The molecule has 3 rings (SSSR count). The van der Waals surface area contributed by atoms with Crippen LogP contribution >= 0.6 is 11.6 Å². The molecule has 0 radical (unpaired) electrons. The lowest BCUT2D eigenvalue weighted by atomic mass is 10.2. The first-order valence-electron chi connectivity index (χ1n) is 8.41. The number of anilines is 1. The third-order valence-electron chi connectivity index (χ3n) is 3.62. The van der Waals surface area contributed by atoms with Crippen molar-refractivity contribution in [2.75, 3.05) is 31.7 Å². The van der Waals surface area contributed by atoms with Gasteiger partial charge in [-0.3, -0.25) is 4.79 Å². The summed E-state index contributed by atoms with van der Waals surface area (Å²) < 4.78 is 22.2. The van der Waals surface area contributed by atoms with Gasteiger partial charge in [-0.1, -0.05) is 23.7 Å². The summed E-state index contributed by atoms with van der Waals surface area (Å²) in [6.45, 7) is 3.35. The maximum Gasteiger partial charge on any atom is 0.262 e. The molecule has 1 aliphatic heterocycles. The molecule has 0 spiro atoms. The summed E-state index contributed by atoms with van der Waals surface area (Å²) in [5, 5.41) is 3.10. The Morgan fingerprint density at radius 1 is 1.12 bits per heavy atom. The van der Waals surface area contributed by atoms with Gasteiger partial charge < -0.3 is 24.3 Å². The van der Waals surface area contributed by atoms with E-state index in [2.05, 4.69) is 5.32 Å². The van der Waals surface area contributed by atoms with Crippen molar-refractivity contribution in [1.82, 2.24) is 0 Å². The smallest absolute Gasteiger partial charge is 0.262 e. The number of hydrogen-bond acceptors (Lipinski definition) is 5. The molecule has 0 atom stereocenters. The topological polar surface area (TPSA) is 66.0 Å². The van der Waals surface area contributed by atoms with Crippen molar-refractivity contribution in [1.29, 1.82) is 0 Å². The van der Waals surface area contributed by atoms with E-state index in [0.717, 1.165) is 6.42 Å². The molecule has 138 valence electrons. The van der Waals surface area contributed by atoms with Crippen LogP contribution in [0.1, 0.15) is 13.3 Å². The Morgan fingerprint density at radius 2 is 1.77 bits per heavy atom. The van der Waals surface area contributed by atoms with Gasteiger partial charge >= 0.3 is 0 Å². The first-order chi connectivity index (χ1) is 12.7. The molecule has 0 saturated heterocycles. The normalized spacial score (nSPS) is 12.8. The molecule has 0 unspecified atom stereocenters. The van der Waals surface area contributed by atoms with E-state index in [9.17, 15) is 4.79 Å². The van der Waals surface area contributed by atoms with E-state index < -0.39 is 0 Å². The molecule has 0 bridgehead atoms. The number of para-hydroxylation sites is 2. The van der Waals surface area contributed by atoms with E-state index in [1.54, 1.807) is 24.3 Å². The lowest BCUT2D eigenvalue weighted by Crippen LogP contribution is -2.20. The van der Waals surface area contributed by atoms with Gasteiger partial charge in [0.15, 0.2) is 29.6 Å². The van der Waals surface area contributed by atoms with Gasteiger partial charge in [-0.05, 0) is 19.1 Å². The predicted octanol–water partition coefficient (Wildman–Crippen LogP) is 3.92. The molecule has 0 saturated carbocycles. The van der Waals surface area contributed by atoms with Gasteiger partial charge in [-0.15, -0.1) is 0 Å². The van der Waals surface area contributed by atoms with Crippen LogP contribution in [0.15, 0.2) is 36.4 Å². The van der Waals surface area contributed by atoms with Gasteiger partial charge in [-0.25, -0.2) is 0 Å². The minimum Gasteiger partial charge on any atom is -0.490 e.